The number of anilines is 2. The van der Waals surface area contributed by atoms with E-state index in [1.807, 2.05) is 0 Å². The van der Waals surface area contributed by atoms with E-state index in [0.29, 0.717) is 5.56 Å². The van der Waals surface area contributed by atoms with Gasteiger partial charge in [0.2, 0.25) is 0 Å². The average Bonchev–Trinajstić information content (AvgIpc) is 2.54. The number of aryl methyl sites for hydroxylation is 1. The molecule has 0 aliphatic rings. The fourth-order valence-electron chi connectivity index (χ4n) is 2.01. The Morgan fingerprint density at radius 1 is 1.08 bits per heavy atom. The van der Waals surface area contributed by atoms with Crippen molar-refractivity contribution >= 4 is 27.1 Å². The van der Waals surface area contributed by atoms with Gasteiger partial charge in [0.05, 0.1) is 17.1 Å². The number of halogens is 4. The molecule has 26 heavy (non-hydrogen) atoms. The Morgan fingerprint density at radius 3 is 2.35 bits per heavy atom. The Bertz CT molecular complexity index is 941. The smallest absolute Gasteiger partial charge is 0.275 e. The number of rotatable bonds is 5. The maximum atomic E-state index is 13.6. The molecule has 0 unspecified atom stereocenters. The summed E-state index contributed by atoms with van der Waals surface area (Å²) in [6.45, 7) is 3.14. The van der Waals surface area contributed by atoms with Gasteiger partial charge in [-0.1, -0.05) is 23.8 Å². The summed E-state index contributed by atoms with van der Waals surface area (Å²) in [4.78, 5) is 0. The van der Waals surface area contributed by atoms with Crippen LogP contribution in [0.1, 0.15) is 18.1 Å². The van der Waals surface area contributed by atoms with Crippen LogP contribution in [0.3, 0.4) is 0 Å². The zero-order valence-electron chi connectivity index (χ0n) is 13.7. The first-order valence-electron chi connectivity index (χ1n) is 7.26. The number of nitrogens with zero attached hydrogens (tertiary/aromatic N) is 1. The molecular formula is C16H15F4N3O2S. The fourth-order valence-corrected chi connectivity index (χ4v) is 2.59. The molecule has 10 heteroatoms. The van der Waals surface area contributed by atoms with Gasteiger partial charge in [-0.2, -0.15) is 26.7 Å². The van der Waals surface area contributed by atoms with E-state index >= 15 is 0 Å². The molecule has 0 atom stereocenters. The number of para-hydroxylation sites is 1. The van der Waals surface area contributed by atoms with Crippen molar-refractivity contribution < 1.29 is 26.0 Å². The molecule has 0 heterocycles. The highest BCUT2D eigenvalue weighted by molar-refractivity contribution is 7.93. The number of hydrogen-bond donors (Lipinski definition) is 2. The Morgan fingerprint density at radius 2 is 1.73 bits per heavy atom. The summed E-state index contributed by atoms with van der Waals surface area (Å²) in [5, 5.41) is 3.93. The van der Waals surface area contributed by atoms with Gasteiger partial charge in [0.15, 0.2) is 0 Å². The lowest BCUT2D eigenvalue weighted by Gasteiger charge is -2.15. The van der Waals surface area contributed by atoms with E-state index in [0.717, 1.165) is 0 Å². The second-order valence-electron chi connectivity index (χ2n) is 5.39. The molecule has 0 fully saturated rings. The largest absolute Gasteiger partial charge is 0.516 e. The molecule has 0 radical (unpaired) electrons. The number of benzene rings is 2. The van der Waals surface area contributed by atoms with Crippen molar-refractivity contribution in [3.63, 3.8) is 0 Å². The second kappa shape index (κ2) is 7.32. The monoisotopic (exact) mass is 389 g/mol. The highest BCUT2D eigenvalue weighted by Crippen LogP contribution is 2.28. The summed E-state index contributed by atoms with van der Waals surface area (Å²) in [6.07, 6.45) is 0. The van der Waals surface area contributed by atoms with E-state index in [2.05, 4.69) is 10.5 Å². The Balaban J connectivity index is 2.38. The molecule has 0 saturated heterocycles. The lowest BCUT2D eigenvalue weighted by atomic mass is 10.1. The van der Waals surface area contributed by atoms with E-state index in [9.17, 15) is 26.0 Å². The molecule has 0 aliphatic carbocycles. The van der Waals surface area contributed by atoms with Crippen LogP contribution in [0.4, 0.5) is 28.9 Å². The molecule has 0 spiro atoms. The molecule has 2 N–H and O–H groups in total. The molecule has 0 aliphatic heterocycles. The molecule has 2 rings (SSSR count). The standard InChI is InChI=1S/C16H15F4N3O2S/c1-10-7-8-14(23-26(24,25)16(18,19)20)12(9-10)11(2)21-22-15-6-4-3-5-13(15)17/h3-9,22-23H,1-2H3/b21-11+. The number of nitrogens with one attached hydrogen (secondary N) is 2. The van der Waals surface area contributed by atoms with Crippen molar-refractivity contribution in [3.8, 4) is 0 Å². The molecule has 2 aromatic carbocycles. The van der Waals surface area contributed by atoms with Gasteiger partial charge >= 0.3 is 15.5 Å². The normalized spacial score (nSPS) is 12.8. The minimum absolute atomic E-state index is 0.0666. The summed E-state index contributed by atoms with van der Waals surface area (Å²) in [7, 11) is -5.58. The van der Waals surface area contributed by atoms with Crippen molar-refractivity contribution in [3.05, 3.63) is 59.4 Å². The lowest BCUT2D eigenvalue weighted by molar-refractivity contribution is -0.0429. The van der Waals surface area contributed by atoms with E-state index in [4.69, 9.17) is 0 Å². The third-order valence-corrected chi connectivity index (χ3v) is 4.43. The van der Waals surface area contributed by atoms with Crippen LogP contribution in [0.15, 0.2) is 47.6 Å². The van der Waals surface area contributed by atoms with Crippen LogP contribution in [-0.2, 0) is 10.0 Å². The van der Waals surface area contributed by atoms with Crippen LogP contribution in [0, 0.1) is 12.7 Å². The molecule has 0 amide bonds. The van der Waals surface area contributed by atoms with Gasteiger partial charge in [-0.25, -0.2) is 4.39 Å². The van der Waals surface area contributed by atoms with Gasteiger partial charge in [-0.3, -0.25) is 10.1 Å². The second-order valence-corrected chi connectivity index (χ2v) is 7.06. The third-order valence-electron chi connectivity index (χ3n) is 3.33. The van der Waals surface area contributed by atoms with E-state index in [-0.39, 0.29) is 22.6 Å². The van der Waals surface area contributed by atoms with Crippen LogP contribution in [0.5, 0.6) is 0 Å². The summed E-state index contributed by atoms with van der Waals surface area (Å²) in [5.74, 6) is -0.564. The van der Waals surface area contributed by atoms with Gasteiger partial charge < -0.3 is 0 Å². The predicted molar refractivity (Wildman–Crippen MR) is 92.0 cm³/mol. The highest BCUT2D eigenvalue weighted by Gasteiger charge is 2.46. The molecule has 0 aromatic heterocycles. The molecule has 140 valence electrons. The van der Waals surface area contributed by atoms with Crippen molar-refractivity contribution in [2.24, 2.45) is 5.10 Å². The Labute approximate surface area is 147 Å². The topological polar surface area (TPSA) is 70.6 Å². The molecule has 2 aromatic rings. The van der Waals surface area contributed by atoms with Crippen molar-refractivity contribution in [1.82, 2.24) is 0 Å². The van der Waals surface area contributed by atoms with Crippen LogP contribution in [0.25, 0.3) is 0 Å². The predicted octanol–water partition coefficient (Wildman–Crippen LogP) is 4.23. The van der Waals surface area contributed by atoms with Crippen LogP contribution in [-0.4, -0.2) is 19.6 Å². The SMILES string of the molecule is C/C(=N\Nc1ccccc1F)c1cc(C)ccc1NS(=O)(=O)C(F)(F)F. The van der Waals surface area contributed by atoms with Crippen molar-refractivity contribution in [2.75, 3.05) is 10.1 Å². The zero-order valence-corrected chi connectivity index (χ0v) is 14.5. The fraction of sp³-hybridized carbons (Fsp3) is 0.188. The quantitative estimate of drug-likeness (QED) is 0.457. The molecular weight excluding hydrogens is 374 g/mol. The van der Waals surface area contributed by atoms with Gasteiger partial charge in [0, 0.05) is 5.56 Å². The summed E-state index contributed by atoms with van der Waals surface area (Å²) < 4.78 is 75.7. The first-order valence-corrected chi connectivity index (χ1v) is 8.74. The highest BCUT2D eigenvalue weighted by atomic mass is 32.2. The number of hydrogen-bond acceptors (Lipinski definition) is 4. The average molecular weight is 389 g/mol. The van der Waals surface area contributed by atoms with Crippen LogP contribution < -0.4 is 10.1 Å². The minimum Gasteiger partial charge on any atom is -0.275 e. The number of sulfonamides is 1. The number of hydrazone groups is 1. The summed E-state index contributed by atoms with van der Waals surface area (Å²) >= 11 is 0. The number of alkyl halides is 3. The Kier molecular flexibility index (Phi) is 5.55. The first-order chi connectivity index (χ1) is 12.0. The van der Waals surface area contributed by atoms with Gasteiger partial charge in [-0.15, -0.1) is 0 Å². The third kappa shape index (κ3) is 4.51. The van der Waals surface area contributed by atoms with Crippen LogP contribution in [0.2, 0.25) is 0 Å². The van der Waals surface area contributed by atoms with Crippen molar-refractivity contribution in [2.45, 2.75) is 19.4 Å². The van der Waals surface area contributed by atoms with Gasteiger partial charge in [-0.05, 0) is 38.1 Å². The van der Waals surface area contributed by atoms with Crippen molar-refractivity contribution in [1.29, 1.82) is 0 Å². The van der Waals surface area contributed by atoms with E-state index in [1.165, 1.54) is 48.0 Å². The first kappa shape index (κ1) is 19.7. The van der Waals surface area contributed by atoms with E-state index < -0.39 is 21.3 Å². The molecule has 0 saturated carbocycles. The minimum atomic E-state index is -5.58. The van der Waals surface area contributed by atoms with Gasteiger partial charge in [0.1, 0.15) is 5.82 Å². The Hall–Kier alpha value is -2.62. The van der Waals surface area contributed by atoms with E-state index in [1.54, 1.807) is 13.0 Å². The molecule has 5 nitrogen and oxygen atoms in total. The van der Waals surface area contributed by atoms with Crippen LogP contribution >= 0.6 is 0 Å². The lowest BCUT2D eigenvalue weighted by Crippen LogP contribution is -2.30. The van der Waals surface area contributed by atoms with Gasteiger partial charge in [0.25, 0.3) is 0 Å². The summed E-state index contributed by atoms with van der Waals surface area (Å²) in [5.41, 5.74) is -2.24. The maximum absolute atomic E-state index is 13.6. The maximum Gasteiger partial charge on any atom is 0.516 e. The summed E-state index contributed by atoms with van der Waals surface area (Å²) in [6, 6.07) is 9.83. The molecule has 0 bridgehead atoms. The zero-order chi connectivity index (χ0) is 19.5.